The molecule has 3 amide bonds. The van der Waals surface area contributed by atoms with Crippen molar-refractivity contribution in [2.75, 3.05) is 23.7 Å². The molecule has 0 bridgehead atoms. The van der Waals surface area contributed by atoms with Crippen molar-refractivity contribution in [1.29, 1.82) is 0 Å². The number of amides is 3. The highest BCUT2D eigenvalue weighted by atomic mass is 32.2. The average molecular weight is 429 g/mol. The lowest BCUT2D eigenvalue weighted by molar-refractivity contribution is -0.123. The van der Waals surface area contributed by atoms with E-state index in [1.807, 2.05) is 19.1 Å². The molecule has 0 aromatic heterocycles. The van der Waals surface area contributed by atoms with Crippen LogP contribution in [0.3, 0.4) is 0 Å². The number of anilines is 1. The van der Waals surface area contributed by atoms with Crippen LogP contribution in [0.1, 0.15) is 16.7 Å². The van der Waals surface area contributed by atoms with Crippen molar-refractivity contribution in [3.05, 3.63) is 77.4 Å². The van der Waals surface area contributed by atoms with Crippen molar-refractivity contribution in [1.82, 2.24) is 10.2 Å². The number of aryl methyl sites for hydroxylation is 1. The molecule has 0 radical (unpaired) electrons. The number of rotatable bonds is 4. The summed E-state index contributed by atoms with van der Waals surface area (Å²) in [6.45, 7) is 5.91. The summed E-state index contributed by atoms with van der Waals surface area (Å²) in [5.74, 6) is -1.22. The Morgan fingerprint density at radius 1 is 1.30 bits per heavy atom. The maximum absolute atomic E-state index is 14.3. The van der Waals surface area contributed by atoms with E-state index in [9.17, 15) is 18.4 Å². The number of carbonyl (C=O) groups is 2. The number of urea groups is 1. The number of hydrogen-bond acceptors (Lipinski definition) is 3. The van der Waals surface area contributed by atoms with Crippen molar-refractivity contribution in [3.8, 4) is 0 Å². The van der Waals surface area contributed by atoms with Gasteiger partial charge in [0.15, 0.2) is 4.87 Å². The molecule has 2 aromatic carbocycles. The fourth-order valence-corrected chi connectivity index (χ4v) is 5.43. The van der Waals surface area contributed by atoms with Crippen molar-refractivity contribution >= 4 is 29.4 Å². The van der Waals surface area contributed by atoms with E-state index in [-0.39, 0.29) is 30.6 Å². The van der Waals surface area contributed by atoms with Gasteiger partial charge in [0.05, 0.1) is 12.2 Å². The Hall–Kier alpha value is -2.87. The molecule has 0 saturated carbocycles. The second-order valence-electron chi connectivity index (χ2n) is 7.23. The van der Waals surface area contributed by atoms with Gasteiger partial charge in [-0.15, -0.1) is 18.3 Å². The number of fused-ring (bicyclic) bond motifs is 2. The highest BCUT2D eigenvalue weighted by molar-refractivity contribution is 8.01. The molecule has 1 N–H and O–H groups in total. The molecule has 0 unspecified atom stereocenters. The Kier molecular flexibility index (Phi) is 5.27. The van der Waals surface area contributed by atoms with Gasteiger partial charge in [-0.2, -0.15) is 0 Å². The summed E-state index contributed by atoms with van der Waals surface area (Å²) >= 11 is 1.36. The van der Waals surface area contributed by atoms with Gasteiger partial charge in [0, 0.05) is 30.0 Å². The SMILES string of the molecule is C=CCNC(=O)N1CCS[C@]12C(=O)N(Cc1c(F)cccc1F)c1ccc(C)cc12. The first-order valence-corrected chi connectivity index (χ1v) is 10.5. The lowest BCUT2D eigenvalue weighted by atomic mass is 10.0. The van der Waals surface area contributed by atoms with Crippen LogP contribution in [0.15, 0.2) is 49.1 Å². The van der Waals surface area contributed by atoms with E-state index in [2.05, 4.69) is 11.9 Å². The van der Waals surface area contributed by atoms with Gasteiger partial charge in [0.25, 0.3) is 5.91 Å². The minimum Gasteiger partial charge on any atom is -0.334 e. The summed E-state index contributed by atoms with van der Waals surface area (Å²) in [6, 6.07) is 8.74. The van der Waals surface area contributed by atoms with Crippen molar-refractivity contribution in [3.63, 3.8) is 0 Å². The number of halogens is 2. The summed E-state index contributed by atoms with van der Waals surface area (Å²) in [7, 11) is 0. The summed E-state index contributed by atoms with van der Waals surface area (Å²) in [5.41, 5.74) is 1.98. The summed E-state index contributed by atoms with van der Waals surface area (Å²) in [5, 5.41) is 2.74. The molecule has 1 saturated heterocycles. The van der Waals surface area contributed by atoms with E-state index in [1.54, 1.807) is 12.1 Å². The molecule has 1 spiro atoms. The zero-order valence-corrected chi connectivity index (χ0v) is 17.3. The van der Waals surface area contributed by atoms with Gasteiger partial charge in [0.1, 0.15) is 11.6 Å². The Morgan fingerprint density at radius 3 is 2.73 bits per heavy atom. The number of hydrogen-bond donors (Lipinski definition) is 1. The maximum Gasteiger partial charge on any atom is 0.319 e. The number of carbonyl (C=O) groups excluding carboxylic acids is 2. The fourth-order valence-electron chi connectivity index (χ4n) is 3.98. The Balaban J connectivity index is 1.80. The Labute approximate surface area is 177 Å². The van der Waals surface area contributed by atoms with Crippen LogP contribution in [-0.4, -0.2) is 35.7 Å². The molecule has 4 rings (SSSR count). The second kappa shape index (κ2) is 7.75. The molecule has 2 aliphatic heterocycles. The first-order chi connectivity index (χ1) is 14.4. The predicted molar refractivity (Wildman–Crippen MR) is 113 cm³/mol. The molecule has 2 aliphatic rings. The number of nitrogens with one attached hydrogen (secondary N) is 1. The van der Waals surface area contributed by atoms with Crippen LogP contribution < -0.4 is 10.2 Å². The molecule has 5 nitrogen and oxygen atoms in total. The molecule has 1 atom stereocenters. The number of benzene rings is 2. The van der Waals surface area contributed by atoms with Gasteiger partial charge in [-0.1, -0.05) is 29.8 Å². The van der Waals surface area contributed by atoms with Gasteiger partial charge in [-0.25, -0.2) is 13.6 Å². The van der Waals surface area contributed by atoms with E-state index in [4.69, 9.17) is 0 Å². The Bertz CT molecular complexity index is 1020. The fraction of sp³-hybridized carbons (Fsp3) is 0.273. The number of thioether (sulfide) groups is 1. The molecule has 2 aromatic rings. The topological polar surface area (TPSA) is 52.7 Å². The second-order valence-corrected chi connectivity index (χ2v) is 8.52. The van der Waals surface area contributed by atoms with Crippen molar-refractivity contribution in [2.45, 2.75) is 18.3 Å². The summed E-state index contributed by atoms with van der Waals surface area (Å²) in [6.07, 6.45) is 1.57. The van der Waals surface area contributed by atoms with E-state index >= 15 is 0 Å². The summed E-state index contributed by atoms with van der Waals surface area (Å²) in [4.78, 5) is 28.2. The third-order valence-corrected chi connectivity index (χ3v) is 6.79. The van der Waals surface area contributed by atoms with Gasteiger partial charge in [-0.05, 0) is 25.1 Å². The third kappa shape index (κ3) is 3.06. The molecular formula is C22H21F2N3O2S. The largest absolute Gasteiger partial charge is 0.334 e. The lowest BCUT2D eigenvalue weighted by Gasteiger charge is -2.33. The van der Waals surface area contributed by atoms with Crippen LogP contribution in [0.2, 0.25) is 0 Å². The van der Waals surface area contributed by atoms with E-state index in [0.717, 1.165) is 5.56 Å². The van der Waals surface area contributed by atoms with Crippen molar-refractivity contribution < 1.29 is 18.4 Å². The summed E-state index contributed by atoms with van der Waals surface area (Å²) < 4.78 is 28.6. The van der Waals surface area contributed by atoms with Crippen LogP contribution in [0.5, 0.6) is 0 Å². The predicted octanol–water partition coefficient (Wildman–Crippen LogP) is 3.92. The Morgan fingerprint density at radius 2 is 2.03 bits per heavy atom. The minimum absolute atomic E-state index is 0.180. The molecule has 1 fully saturated rings. The quantitative estimate of drug-likeness (QED) is 0.750. The zero-order chi connectivity index (χ0) is 21.5. The van der Waals surface area contributed by atoms with E-state index in [0.29, 0.717) is 23.5 Å². The highest BCUT2D eigenvalue weighted by Gasteiger charge is 2.59. The number of nitrogens with zero attached hydrogens (tertiary/aromatic N) is 2. The van der Waals surface area contributed by atoms with Crippen LogP contribution in [-0.2, 0) is 16.2 Å². The lowest BCUT2D eigenvalue weighted by Crippen LogP contribution is -2.53. The van der Waals surface area contributed by atoms with Gasteiger partial charge < -0.3 is 10.2 Å². The smallest absolute Gasteiger partial charge is 0.319 e. The monoisotopic (exact) mass is 429 g/mol. The average Bonchev–Trinajstić information content (AvgIpc) is 3.26. The molecule has 30 heavy (non-hydrogen) atoms. The van der Waals surface area contributed by atoms with Crippen LogP contribution in [0.25, 0.3) is 0 Å². The minimum atomic E-state index is -1.26. The maximum atomic E-state index is 14.3. The van der Waals surface area contributed by atoms with Crippen LogP contribution in [0, 0.1) is 18.6 Å². The standard InChI is InChI=1S/C22H21F2N3O2S/c1-3-9-25-21(29)27-10-11-30-22(27)16-12-14(2)7-8-19(16)26(20(22)28)13-15-17(23)5-4-6-18(15)24/h3-8,12H,1,9-11,13H2,2H3,(H,25,29)/t22-/m1/s1. The molecular weight excluding hydrogens is 408 g/mol. The third-order valence-electron chi connectivity index (χ3n) is 5.37. The molecule has 8 heteroatoms. The molecule has 0 aliphatic carbocycles. The van der Waals surface area contributed by atoms with Crippen LogP contribution >= 0.6 is 11.8 Å². The molecule has 156 valence electrons. The van der Waals surface area contributed by atoms with E-state index < -0.39 is 16.5 Å². The molecule has 2 heterocycles. The van der Waals surface area contributed by atoms with Gasteiger partial charge in [0.2, 0.25) is 0 Å². The van der Waals surface area contributed by atoms with Crippen LogP contribution in [0.4, 0.5) is 19.3 Å². The van der Waals surface area contributed by atoms with Gasteiger partial charge >= 0.3 is 6.03 Å². The first kappa shape index (κ1) is 20.4. The van der Waals surface area contributed by atoms with Gasteiger partial charge in [-0.3, -0.25) is 9.69 Å². The zero-order valence-electron chi connectivity index (χ0n) is 16.5. The highest BCUT2D eigenvalue weighted by Crippen LogP contribution is 2.54. The normalized spacial score (nSPS) is 20.0. The first-order valence-electron chi connectivity index (χ1n) is 9.56. The van der Waals surface area contributed by atoms with Crippen molar-refractivity contribution in [2.24, 2.45) is 0 Å². The van der Waals surface area contributed by atoms with E-state index in [1.165, 1.54) is 39.8 Å².